The van der Waals surface area contributed by atoms with Crippen LogP contribution >= 0.6 is 0 Å². The molecule has 0 spiro atoms. The van der Waals surface area contributed by atoms with E-state index in [1.807, 2.05) is 13.8 Å². The number of rotatable bonds is 2. The summed E-state index contributed by atoms with van der Waals surface area (Å²) < 4.78 is 4.79. The Balaban J connectivity index is 1.94. The first-order valence-corrected chi connectivity index (χ1v) is 7.65. The van der Waals surface area contributed by atoms with Gasteiger partial charge in [-0.1, -0.05) is 0 Å². The molecule has 1 aromatic heterocycles. The minimum atomic E-state index is -0.492. The molecule has 120 valence electrons. The molecule has 1 amide bonds. The van der Waals surface area contributed by atoms with Crippen molar-refractivity contribution in [3.05, 3.63) is 35.2 Å². The second-order valence-electron chi connectivity index (χ2n) is 5.78. The van der Waals surface area contributed by atoms with Crippen LogP contribution in [0.15, 0.2) is 18.2 Å². The summed E-state index contributed by atoms with van der Waals surface area (Å²) in [6, 6.07) is 4.78. The van der Waals surface area contributed by atoms with Crippen LogP contribution in [-0.2, 0) is 9.53 Å². The van der Waals surface area contributed by atoms with Crippen molar-refractivity contribution in [1.82, 2.24) is 14.9 Å². The molecule has 1 aromatic carbocycles. The van der Waals surface area contributed by atoms with Gasteiger partial charge in [-0.15, -0.1) is 0 Å². The summed E-state index contributed by atoms with van der Waals surface area (Å²) in [4.78, 5) is 35.1. The number of hydrogen-bond donors (Lipinski definition) is 0. The molecule has 6 nitrogen and oxygen atoms in total. The largest absolute Gasteiger partial charge is 0.467 e. The van der Waals surface area contributed by atoms with E-state index in [4.69, 9.17) is 4.74 Å². The number of likely N-dealkylation sites (tertiary alicyclic amines) is 1. The topological polar surface area (TPSA) is 72.4 Å². The van der Waals surface area contributed by atoms with Gasteiger partial charge in [-0.3, -0.25) is 4.79 Å². The van der Waals surface area contributed by atoms with Gasteiger partial charge in [-0.25, -0.2) is 14.8 Å². The zero-order chi connectivity index (χ0) is 16.6. The lowest BCUT2D eigenvalue weighted by Gasteiger charge is -2.22. The standard InChI is InChI=1S/C17H19N3O3/c1-10-11(2)19-14-9-12(6-7-13(14)18-10)16(21)20-8-4-5-15(20)17(22)23-3/h6-7,9,15H,4-5,8H2,1-3H3. The summed E-state index contributed by atoms with van der Waals surface area (Å²) >= 11 is 0. The number of aromatic nitrogens is 2. The van der Waals surface area contributed by atoms with Crippen LogP contribution in [0.2, 0.25) is 0 Å². The highest BCUT2D eigenvalue weighted by molar-refractivity contribution is 5.99. The van der Waals surface area contributed by atoms with Crippen molar-refractivity contribution in [2.75, 3.05) is 13.7 Å². The molecule has 0 N–H and O–H groups in total. The van der Waals surface area contributed by atoms with Gasteiger partial charge >= 0.3 is 5.97 Å². The molecule has 23 heavy (non-hydrogen) atoms. The number of aryl methyl sites for hydroxylation is 2. The number of carbonyl (C=O) groups is 2. The lowest BCUT2D eigenvalue weighted by atomic mass is 10.1. The van der Waals surface area contributed by atoms with E-state index in [-0.39, 0.29) is 11.9 Å². The van der Waals surface area contributed by atoms with Crippen LogP contribution in [0.4, 0.5) is 0 Å². The number of esters is 1. The molecule has 2 aromatic rings. The van der Waals surface area contributed by atoms with Gasteiger partial charge in [0.15, 0.2) is 0 Å². The number of benzene rings is 1. The molecule has 1 atom stereocenters. The Morgan fingerprint density at radius 1 is 1.17 bits per heavy atom. The third-order valence-electron chi connectivity index (χ3n) is 4.31. The fourth-order valence-corrected chi connectivity index (χ4v) is 2.92. The second kappa shape index (κ2) is 5.95. The van der Waals surface area contributed by atoms with Crippen LogP contribution in [0.25, 0.3) is 11.0 Å². The van der Waals surface area contributed by atoms with Crippen LogP contribution in [0.3, 0.4) is 0 Å². The van der Waals surface area contributed by atoms with E-state index in [2.05, 4.69) is 9.97 Å². The average molecular weight is 313 g/mol. The van der Waals surface area contributed by atoms with Crippen molar-refractivity contribution in [1.29, 1.82) is 0 Å². The zero-order valence-corrected chi connectivity index (χ0v) is 13.5. The van der Waals surface area contributed by atoms with Gasteiger partial charge in [-0.05, 0) is 44.9 Å². The maximum Gasteiger partial charge on any atom is 0.328 e. The summed E-state index contributed by atoms with van der Waals surface area (Å²) in [6.07, 6.45) is 1.45. The second-order valence-corrected chi connectivity index (χ2v) is 5.78. The molecule has 0 saturated carbocycles. The first kappa shape index (κ1) is 15.4. The average Bonchev–Trinajstić information content (AvgIpc) is 3.03. The van der Waals surface area contributed by atoms with E-state index < -0.39 is 6.04 Å². The van der Waals surface area contributed by atoms with Crippen molar-refractivity contribution < 1.29 is 14.3 Å². The van der Waals surface area contributed by atoms with Crippen molar-refractivity contribution in [2.45, 2.75) is 32.7 Å². The molecular weight excluding hydrogens is 294 g/mol. The Kier molecular flexibility index (Phi) is 3.98. The summed E-state index contributed by atoms with van der Waals surface area (Å²) in [5.74, 6) is -0.525. The van der Waals surface area contributed by atoms with Gasteiger partial charge in [0.05, 0.1) is 29.5 Å². The maximum atomic E-state index is 12.7. The molecule has 3 rings (SSSR count). The number of methoxy groups -OCH3 is 1. The summed E-state index contributed by atoms with van der Waals surface area (Å²) in [5, 5.41) is 0. The van der Waals surface area contributed by atoms with Crippen LogP contribution in [-0.4, -0.2) is 46.4 Å². The molecular formula is C17H19N3O3. The van der Waals surface area contributed by atoms with Crippen molar-refractivity contribution in [2.24, 2.45) is 0 Å². The number of nitrogens with zero attached hydrogens (tertiary/aromatic N) is 3. The highest BCUT2D eigenvalue weighted by Crippen LogP contribution is 2.22. The van der Waals surface area contributed by atoms with Gasteiger partial charge in [-0.2, -0.15) is 0 Å². The van der Waals surface area contributed by atoms with E-state index >= 15 is 0 Å². The summed E-state index contributed by atoms with van der Waals surface area (Å²) in [7, 11) is 1.35. The highest BCUT2D eigenvalue weighted by atomic mass is 16.5. The van der Waals surface area contributed by atoms with Crippen molar-refractivity contribution in [3.63, 3.8) is 0 Å². The van der Waals surface area contributed by atoms with Gasteiger partial charge in [0.25, 0.3) is 5.91 Å². The number of ether oxygens (including phenoxy) is 1. The normalized spacial score (nSPS) is 17.5. The molecule has 0 bridgehead atoms. The molecule has 1 unspecified atom stereocenters. The third kappa shape index (κ3) is 2.76. The lowest BCUT2D eigenvalue weighted by Crippen LogP contribution is -2.41. The minimum Gasteiger partial charge on any atom is -0.467 e. The smallest absolute Gasteiger partial charge is 0.328 e. The Morgan fingerprint density at radius 2 is 1.87 bits per heavy atom. The van der Waals surface area contributed by atoms with Gasteiger partial charge in [0.2, 0.25) is 0 Å². The molecule has 2 heterocycles. The SMILES string of the molecule is COC(=O)C1CCCN1C(=O)c1ccc2nc(C)c(C)nc2c1. The maximum absolute atomic E-state index is 12.7. The Morgan fingerprint density at radius 3 is 2.57 bits per heavy atom. The fraction of sp³-hybridized carbons (Fsp3) is 0.412. The van der Waals surface area contributed by atoms with Gasteiger partial charge in [0.1, 0.15) is 6.04 Å². The Hall–Kier alpha value is -2.50. The predicted molar refractivity (Wildman–Crippen MR) is 85.1 cm³/mol. The van der Waals surface area contributed by atoms with Crippen molar-refractivity contribution in [3.8, 4) is 0 Å². The molecule has 1 aliphatic rings. The molecule has 6 heteroatoms. The lowest BCUT2D eigenvalue weighted by molar-refractivity contribution is -0.145. The quantitative estimate of drug-likeness (QED) is 0.793. The zero-order valence-electron chi connectivity index (χ0n) is 13.5. The molecule has 1 aliphatic heterocycles. The van der Waals surface area contributed by atoms with E-state index in [1.165, 1.54) is 7.11 Å². The highest BCUT2D eigenvalue weighted by Gasteiger charge is 2.35. The van der Waals surface area contributed by atoms with E-state index in [1.54, 1.807) is 23.1 Å². The fourth-order valence-electron chi connectivity index (χ4n) is 2.92. The van der Waals surface area contributed by atoms with E-state index in [0.29, 0.717) is 24.0 Å². The molecule has 1 saturated heterocycles. The van der Waals surface area contributed by atoms with E-state index in [0.717, 1.165) is 23.3 Å². The number of amides is 1. The summed E-state index contributed by atoms with van der Waals surface area (Å²) in [6.45, 7) is 4.37. The predicted octanol–water partition coefficient (Wildman–Crippen LogP) is 2.02. The molecule has 1 fully saturated rings. The van der Waals surface area contributed by atoms with Crippen molar-refractivity contribution >= 4 is 22.9 Å². The van der Waals surface area contributed by atoms with Crippen LogP contribution in [0.5, 0.6) is 0 Å². The first-order valence-electron chi connectivity index (χ1n) is 7.65. The Bertz CT molecular complexity index is 788. The number of carbonyl (C=O) groups excluding carboxylic acids is 2. The van der Waals surface area contributed by atoms with Gasteiger partial charge < -0.3 is 9.64 Å². The minimum absolute atomic E-state index is 0.167. The number of hydrogen-bond acceptors (Lipinski definition) is 5. The number of fused-ring (bicyclic) bond motifs is 1. The van der Waals surface area contributed by atoms with Gasteiger partial charge in [0, 0.05) is 12.1 Å². The monoisotopic (exact) mass is 313 g/mol. The Labute approximate surface area is 134 Å². The van der Waals surface area contributed by atoms with Crippen LogP contribution in [0.1, 0.15) is 34.6 Å². The van der Waals surface area contributed by atoms with Crippen LogP contribution in [0, 0.1) is 13.8 Å². The van der Waals surface area contributed by atoms with Crippen LogP contribution < -0.4 is 0 Å². The third-order valence-corrected chi connectivity index (χ3v) is 4.31. The first-order chi connectivity index (χ1) is 11.0. The molecule has 0 radical (unpaired) electrons. The molecule has 0 aliphatic carbocycles. The summed E-state index contributed by atoms with van der Waals surface area (Å²) in [5.41, 5.74) is 3.69. The van der Waals surface area contributed by atoms with E-state index in [9.17, 15) is 9.59 Å².